The van der Waals surface area contributed by atoms with Gasteiger partial charge in [0.15, 0.2) is 11.6 Å². The van der Waals surface area contributed by atoms with E-state index in [-0.39, 0.29) is 16.8 Å². The summed E-state index contributed by atoms with van der Waals surface area (Å²) in [7, 11) is 0. The van der Waals surface area contributed by atoms with Crippen LogP contribution in [-0.4, -0.2) is 20.9 Å². The summed E-state index contributed by atoms with van der Waals surface area (Å²) in [5.74, 6) is -2.35. The average Bonchev–Trinajstić information content (AvgIpc) is 2.81. The van der Waals surface area contributed by atoms with Crippen LogP contribution in [0.3, 0.4) is 0 Å². The molecule has 0 saturated heterocycles. The number of benzene rings is 1. The summed E-state index contributed by atoms with van der Waals surface area (Å²) in [6.45, 7) is -0.622. The molecule has 0 aliphatic carbocycles. The van der Waals surface area contributed by atoms with Gasteiger partial charge in [0.25, 0.3) is 0 Å². The first-order valence-corrected chi connectivity index (χ1v) is 5.05. The highest BCUT2D eigenvalue weighted by molar-refractivity contribution is 5.77. The Morgan fingerprint density at radius 1 is 1.22 bits per heavy atom. The Kier molecular flexibility index (Phi) is 3.12. The lowest BCUT2D eigenvalue weighted by Crippen LogP contribution is -2.09. The number of aliphatic hydroxyl groups is 1. The maximum atomic E-state index is 13.8. The minimum atomic E-state index is -1.29. The Labute approximate surface area is 101 Å². The van der Waals surface area contributed by atoms with Crippen LogP contribution in [0.2, 0.25) is 0 Å². The van der Waals surface area contributed by atoms with Crippen molar-refractivity contribution in [1.82, 2.24) is 4.57 Å². The first-order chi connectivity index (χ1) is 8.56. The topological polar surface area (TPSA) is 62.5 Å². The first kappa shape index (κ1) is 12.3. The molecule has 0 aliphatic heterocycles. The van der Waals surface area contributed by atoms with Gasteiger partial charge in [-0.15, -0.1) is 0 Å². The van der Waals surface area contributed by atoms with Gasteiger partial charge < -0.3 is 10.2 Å². The SMILES string of the molecule is O=C(O)n1cccc1-c1ccc(CO)c(F)c1F. The van der Waals surface area contributed by atoms with Crippen LogP contribution in [0.25, 0.3) is 11.3 Å². The Hall–Kier alpha value is -2.21. The molecule has 0 spiro atoms. The number of aliphatic hydroxyl groups excluding tert-OH is 1. The Morgan fingerprint density at radius 2 is 1.94 bits per heavy atom. The summed E-state index contributed by atoms with van der Waals surface area (Å²) in [6.07, 6.45) is -0.0596. The van der Waals surface area contributed by atoms with Gasteiger partial charge in [-0.25, -0.2) is 13.6 Å². The third-order valence-corrected chi connectivity index (χ3v) is 2.56. The number of hydrogen-bond acceptors (Lipinski definition) is 2. The predicted octanol–water partition coefficient (Wildman–Crippen LogP) is 2.45. The highest BCUT2D eigenvalue weighted by Gasteiger charge is 2.18. The van der Waals surface area contributed by atoms with Gasteiger partial charge in [-0.05, 0) is 18.2 Å². The number of rotatable bonds is 2. The predicted molar refractivity (Wildman–Crippen MR) is 59.1 cm³/mol. The van der Waals surface area contributed by atoms with E-state index in [1.165, 1.54) is 30.5 Å². The summed E-state index contributed by atoms with van der Waals surface area (Å²) >= 11 is 0. The number of carboxylic acid groups (broad SMARTS) is 1. The zero-order valence-electron chi connectivity index (χ0n) is 9.10. The van der Waals surface area contributed by atoms with Crippen LogP contribution in [0.5, 0.6) is 0 Å². The third kappa shape index (κ3) is 1.86. The summed E-state index contributed by atoms with van der Waals surface area (Å²) in [6, 6.07) is 5.23. The van der Waals surface area contributed by atoms with E-state index in [0.717, 1.165) is 4.57 Å². The van der Waals surface area contributed by atoms with Gasteiger partial charge in [-0.2, -0.15) is 0 Å². The molecule has 0 unspecified atom stereocenters. The van der Waals surface area contributed by atoms with Crippen molar-refractivity contribution >= 4 is 6.09 Å². The normalized spacial score (nSPS) is 10.6. The Bertz CT molecular complexity index is 607. The van der Waals surface area contributed by atoms with E-state index >= 15 is 0 Å². The molecule has 18 heavy (non-hydrogen) atoms. The highest BCUT2D eigenvalue weighted by atomic mass is 19.2. The van der Waals surface area contributed by atoms with Crippen molar-refractivity contribution in [1.29, 1.82) is 0 Å². The first-order valence-electron chi connectivity index (χ1n) is 5.05. The number of nitrogens with zero attached hydrogens (tertiary/aromatic N) is 1. The van der Waals surface area contributed by atoms with Gasteiger partial charge in [-0.3, -0.25) is 4.57 Å². The molecule has 2 N–H and O–H groups in total. The van der Waals surface area contributed by atoms with Crippen molar-refractivity contribution in [2.75, 3.05) is 0 Å². The van der Waals surface area contributed by atoms with Gasteiger partial charge in [0.05, 0.1) is 12.3 Å². The van der Waals surface area contributed by atoms with Crippen LogP contribution >= 0.6 is 0 Å². The molecule has 6 heteroatoms. The van der Waals surface area contributed by atoms with Crippen LogP contribution in [0.4, 0.5) is 13.6 Å². The van der Waals surface area contributed by atoms with Gasteiger partial charge in [-0.1, -0.05) is 6.07 Å². The monoisotopic (exact) mass is 253 g/mol. The lowest BCUT2D eigenvalue weighted by Gasteiger charge is -2.08. The van der Waals surface area contributed by atoms with E-state index in [1.807, 2.05) is 0 Å². The fraction of sp³-hybridized carbons (Fsp3) is 0.0833. The third-order valence-electron chi connectivity index (χ3n) is 2.56. The van der Waals surface area contributed by atoms with E-state index in [2.05, 4.69) is 0 Å². The molecule has 0 fully saturated rings. The summed E-state index contributed by atoms with van der Waals surface area (Å²) < 4.78 is 28.0. The highest BCUT2D eigenvalue weighted by Crippen LogP contribution is 2.26. The fourth-order valence-electron chi connectivity index (χ4n) is 1.68. The van der Waals surface area contributed by atoms with E-state index in [4.69, 9.17) is 10.2 Å². The lowest BCUT2D eigenvalue weighted by atomic mass is 10.1. The maximum Gasteiger partial charge on any atom is 0.416 e. The summed E-state index contributed by atoms with van der Waals surface area (Å²) in [5, 5.41) is 17.7. The van der Waals surface area contributed by atoms with Crippen molar-refractivity contribution in [3.8, 4) is 11.3 Å². The summed E-state index contributed by atoms with van der Waals surface area (Å²) in [4.78, 5) is 10.9. The molecule has 1 heterocycles. The van der Waals surface area contributed by atoms with Crippen LogP contribution in [0, 0.1) is 11.6 Å². The molecule has 1 aromatic carbocycles. The number of carbonyl (C=O) groups is 1. The van der Waals surface area contributed by atoms with Crippen LogP contribution < -0.4 is 0 Å². The second kappa shape index (κ2) is 4.58. The molecule has 0 saturated carbocycles. The maximum absolute atomic E-state index is 13.8. The van der Waals surface area contributed by atoms with Crippen molar-refractivity contribution in [3.63, 3.8) is 0 Å². The molecule has 2 rings (SSSR count). The van der Waals surface area contributed by atoms with E-state index in [9.17, 15) is 13.6 Å². The van der Waals surface area contributed by atoms with Gasteiger partial charge in [0.1, 0.15) is 0 Å². The molecular formula is C12H9F2NO3. The largest absolute Gasteiger partial charge is 0.464 e. The fourth-order valence-corrected chi connectivity index (χ4v) is 1.68. The number of hydrogen-bond donors (Lipinski definition) is 2. The molecule has 94 valence electrons. The number of halogens is 2. The van der Waals surface area contributed by atoms with Crippen LogP contribution in [-0.2, 0) is 6.61 Å². The Morgan fingerprint density at radius 3 is 2.56 bits per heavy atom. The molecule has 0 radical (unpaired) electrons. The van der Waals surface area contributed by atoms with E-state index in [0.29, 0.717) is 0 Å². The molecule has 2 aromatic rings. The zero-order chi connectivity index (χ0) is 13.3. The van der Waals surface area contributed by atoms with Crippen LogP contribution in [0.1, 0.15) is 5.56 Å². The molecule has 0 amide bonds. The second-order valence-corrected chi connectivity index (χ2v) is 3.60. The molecule has 0 bridgehead atoms. The minimum Gasteiger partial charge on any atom is -0.464 e. The molecule has 0 aliphatic rings. The number of aromatic nitrogens is 1. The van der Waals surface area contributed by atoms with E-state index < -0.39 is 24.3 Å². The van der Waals surface area contributed by atoms with Crippen molar-refractivity contribution in [2.45, 2.75) is 6.61 Å². The smallest absolute Gasteiger partial charge is 0.416 e. The van der Waals surface area contributed by atoms with Crippen LogP contribution in [0.15, 0.2) is 30.5 Å². The van der Waals surface area contributed by atoms with E-state index in [1.54, 1.807) is 0 Å². The standard InChI is InChI=1S/C12H9F2NO3/c13-10-7(6-16)3-4-8(11(10)14)9-2-1-5-15(9)12(17)18/h1-5,16H,6H2,(H,17,18). The lowest BCUT2D eigenvalue weighted by molar-refractivity contribution is 0.197. The van der Waals surface area contributed by atoms with Crippen molar-refractivity contribution in [2.24, 2.45) is 0 Å². The van der Waals surface area contributed by atoms with Gasteiger partial charge >= 0.3 is 6.09 Å². The average molecular weight is 253 g/mol. The van der Waals surface area contributed by atoms with Crippen molar-refractivity contribution in [3.05, 3.63) is 47.7 Å². The van der Waals surface area contributed by atoms with Crippen molar-refractivity contribution < 1.29 is 23.8 Å². The van der Waals surface area contributed by atoms with Gasteiger partial charge in [0, 0.05) is 17.3 Å². The summed E-state index contributed by atoms with van der Waals surface area (Å²) in [5.41, 5.74) is -0.315. The molecule has 0 atom stereocenters. The molecule has 1 aromatic heterocycles. The Balaban J connectivity index is 2.62. The molecule has 4 nitrogen and oxygen atoms in total. The molecular weight excluding hydrogens is 244 g/mol. The second-order valence-electron chi connectivity index (χ2n) is 3.60. The minimum absolute atomic E-state index is 0.0309. The van der Waals surface area contributed by atoms with Gasteiger partial charge in [0.2, 0.25) is 0 Å². The quantitative estimate of drug-likeness (QED) is 0.864. The zero-order valence-corrected chi connectivity index (χ0v) is 9.10.